The summed E-state index contributed by atoms with van der Waals surface area (Å²) in [6, 6.07) is 6.05. The Morgan fingerprint density at radius 3 is 2.63 bits per heavy atom. The smallest absolute Gasteiger partial charge is 0.407 e. The van der Waals surface area contributed by atoms with Crippen LogP contribution in [0.1, 0.15) is 55.5 Å². The number of alkyl carbamates (subject to hydrolysis) is 1. The van der Waals surface area contributed by atoms with Crippen LogP contribution in [0.15, 0.2) is 48.1 Å². The van der Waals surface area contributed by atoms with E-state index in [4.69, 9.17) is 19.9 Å². The summed E-state index contributed by atoms with van der Waals surface area (Å²) in [4.78, 5) is 54.5. The minimum absolute atomic E-state index is 0.0857. The highest BCUT2D eigenvalue weighted by atomic mass is 19.1. The summed E-state index contributed by atoms with van der Waals surface area (Å²) in [5.41, 5.74) is -2.95. The number of benzene rings is 1. The normalized spacial score (nSPS) is 34.7. The van der Waals surface area contributed by atoms with Crippen molar-refractivity contribution < 1.29 is 58.5 Å². The Hall–Kier alpha value is -3.53. The van der Waals surface area contributed by atoms with Gasteiger partial charge in [0.2, 0.25) is 0 Å². The average Bonchev–Trinajstić information content (AvgIpc) is 3.27. The van der Waals surface area contributed by atoms with Gasteiger partial charge in [-0.3, -0.25) is 20.0 Å². The molecule has 3 fully saturated rings. The predicted molar refractivity (Wildman–Crippen MR) is 155 cm³/mol. The molecule has 0 radical (unpaired) electrons. The lowest BCUT2D eigenvalue weighted by atomic mass is 9.45. The summed E-state index contributed by atoms with van der Waals surface area (Å²) < 4.78 is 27.4. The molecule has 0 aromatic heterocycles. The van der Waals surface area contributed by atoms with E-state index in [0.717, 1.165) is 0 Å². The first kappa shape index (κ1) is 33.8. The lowest BCUT2D eigenvalue weighted by Crippen LogP contribution is -2.66. The number of hydrogen-bond acceptors (Lipinski definition) is 12. The van der Waals surface area contributed by atoms with Gasteiger partial charge < -0.3 is 25.0 Å². The standard InChI is InChI=1S/C32H39FN2O11/c1-30-15-26(39)32(33)22(7-6-20-13-21(36)8-9-31(20,32)2)23(30)14-24(37)27(30)25(38)17-45-29(41)34-10-11-44-28(40)19-5-3-4-18(12-19)16-46-35(42)43/h3-5,8-9,12-13,22-24,26-27,37,39,42-43H,6-7,10-11,14-17H2,1-2H3,(H,34,41)/t22-,23?,24?,26-,27?,30-,31-,32?/m0/s1. The number of aliphatic hydroxyl groups excluding tert-OH is 2. The van der Waals surface area contributed by atoms with Gasteiger partial charge in [-0.05, 0) is 73.8 Å². The van der Waals surface area contributed by atoms with Crippen molar-refractivity contribution in [3.05, 3.63) is 59.2 Å². The lowest BCUT2D eigenvalue weighted by Gasteiger charge is -2.61. The van der Waals surface area contributed by atoms with Gasteiger partial charge in [0.25, 0.3) is 0 Å². The number of Topliss-reactive ketones (excluding diaryl/α,β-unsaturated/α-hetero) is 1. The molecule has 14 heteroatoms. The molecule has 1 aromatic rings. The highest BCUT2D eigenvalue weighted by Crippen LogP contribution is 2.68. The largest absolute Gasteiger partial charge is 0.460 e. The third-order valence-corrected chi connectivity index (χ3v) is 10.5. The molecule has 1 amide bonds. The molecule has 5 N–H and O–H groups in total. The topological polar surface area (TPSA) is 192 Å². The van der Waals surface area contributed by atoms with Gasteiger partial charge in [0.15, 0.2) is 23.8 Å². The van der Waals surface area contributed by atoms with Crippen LogP contribution in [-0.4, -0.2) is 87.3 Å². The van der Waals surface area contributed by atoms with Crippen molar-refractivity contribution >= 4 is 23.6 Å². The van der Waals surface area contributed by atoms with Crippen molar-refractivity contribution in [1.82, 2.24) is 10.7 Å². The molecule has 0 aliphatic heterocycles. The van der Waals surface area contributed by atoms with Crippen molar-refractivity contribution in [2.24, 2.45) is 28.6 Å². The maximum absolute atomic E-state index is 17.2. The summed E-state index contributed by atoms with van der Waals surface area (Å²) in [6.07, 6.45) is 1.70. The number of alkyl halides is 1. The Labute approximate surface area is 264 Å². The fourth-order valence-electron chi connectivity index (χ4n) is 8.39. The van der Waals surface area contributed by atoms with E-state index in [0.29, 0.717) is 24.0 Å². The molecule has 0 spiro atoms. The number of fused-ring (bicyclic) bond motifs is 5. The van der Waals surface area contributed by atoms with E-state index in [2.05, 4.69) is 10.2 Å². The van der Waals surface area contributed by atoms with Gasteiger partial charge in [-0.25, -0.2) is 18.8 Å². The summed E-state index contributed by atoms with van der Waals surface area (Å²) in [6.45, 7) is 2.26. The van der Waals surface area contributed by atoms with E-state index in [1.165, 1.54) is 24.3 Å². The van der Waals surface area contributed by atoms with Crippen molar-refractivity contribution in [3.63, 3.8) is 0 Å². The molecule has 5 rings (SSSR count). The zero-order chi connectivity index (χ0) is 33.4. The molecular formula is C32H39FN2O11. The number of halogens is 1. The van der Waals surface area contributed by atoms with Gasteiger partial charge in [-0.15, -0.1) is 0 Å². The Bertz CT molecular complexity index is 1450. The number of carbonyl (C=O) groups is 4. The van der Waals surface area contributed by atoms with Crippen molar-refractivity contribution in [2.75, 3.05) is 19.8 Å². The fourth-order valence-corrected chi connectivity index (χ4v) is 8.39. The third-order valence-electron chi connectivity index (χ3n) is 10.5. The van der Waals surface area contributed by atoms with Crippen LogP contribution in [0.4, 0.5) is 9.18 Å². The maximum Gasteiger partial charge on any atom is 0.407 e. The molecular weight excluding hydrogens is 607 g/mol. The number of ether oxygens (including phenoxy) is 2. The van der Waals surface area contributed by atoms with Crippen LogP contribution in [0, 0.1) is 28.6 Å². The summed E-state index contributed by atoms with van der Waals surface area (Å²) in [7, 11) is 0. The van der Waals surface area contributed by atoms with E-state index < -0.39 is 76.3 Å². The van der Waals surface area contributed by atoms with Crippen LogP contribution in [0.25, 0.3) is 0 Å². The molecule has 13 nitrogen and oxygen atoms in total. The Kier molecular flexibility index (Phi) is 9.51. The van der Waals surface area contributed by atoms with Crippen LogP contribution >= 0.6 is 0 Å². The fraction of sp³-hybridized carbons (Fsp3) is 0.562. The summed E-state index contributed by atoms with van der Waals surface area (Å²) >= 11 is 0. The highest BCUT2D eigenvalue weighted by molar-refractivity contribution is 6.01. The number of allylic oxidation sites excluding steroid dienone is 4. The van der Waals surface area contributed by atoms with E-state index in [-0.39, 0.29) is 43.9 Å². The minimum Gasteiger partial charge on any atom is -0.460 e. The second kappa shape index (κ2) is 12.9. The monoisotopic (exact) mass is 646 g/mol. The second-order valence-electron chi connectivity index (χ2n) is 13.0. The van der Waals surface area contributed by atoms with Crippen LogP contribution in [0.5, 0.6) is 0 Å². The van der Waals surface area contributed by atoms with Crippen LogP contribution < -0.4 is 5.32 Å². The number of rotatable bonds is 10. The van der Waals surface area contributed by atoms with E-state index in [1.807, 2.05) is 0 Å². The first-order chi connectivity index (χ1) is 21.7. The number of ketones is 2. The molecule has 4 aliphatic rings. The van der Waals surface area contributed by atoms with Gasteiger partial charge in [-0.2, -0.15) is 0 Å². The molecule has 0 heterocycles. The van der Waals surface area contributed by atoms with Gasteiger partial charge in [-0.1, -0.05) is 30.7 Å². The maximum atomic E-state index is 17.2. The quantitative estimate of drug-likeness (QED) is 0.142. The molecule has 46 heavy (non-hydrogen) atoms. The predicted octanol–water partition coefficient (Wildman–Crippen LogP) is 2.61. The Morgan fingerprint density at radius 2 is 1.89 bits per heavy atom. The van der Waals surface area contributed by atoms with Crippen LogP contribution in [0.3, 0.4) is 0 Å². The number of amides is 1. The molecule has 0 bridgehead atoms. The Balaban J connectivity index is 1.13. The second-order valence-corrected chi connectivity index (χ2v) is 13.0. The number of nitrogens with zero attached hydrogens (tertiary/aromatic N) is 1. The zero-order valence-corrected chi connectivity index (χ0v) is 25.6. The molecule has 250 valence electrons. The number of esters is 1. The van der Waals surface area contributed by atoms with Gasteiger partial charge in [0, 0.05) is 11.3 Å². The van der Waals surface area contributed by atoms with E-state index in [9.17, 15) is 29.4 Å². The van der Waals surface area contributed by atoms with Crippen LogP contribution in [-0.2, 0) is 30.5 Å². The van der Waals surface area contributed by atoms with Crippen molar-refractivity contribution in [3.8, 4) is 0 Å². The highest BCUT2D eigenvalue weighted by Gasteiger charge is 2.72. The van der Waals surface area contributed by atoms with E-state index >= 15 is 4.39 Å². The van der Waals surface area contributed by atoms with Gasteiger partial charge in [0.05, 0.1) is 42.2 Å². The molecule has 3 saturated carbocycles. The minimum atomic E-state index is -2.09. The zero-order valence-electron chi connectivity index (χ0n) is 25.6. The first-order valence-electron chi connectivity index (χ1n) is 15.2. The SMILES string of the molecule is C[C@]12C[C@H](O)C3(F)[C@@H](CCC4=CC(=O)C=C[C@@]43C)C1CC(O)C2C(=O)COC(=O)NCCOC(=O)c1cccc(CON(O)O)c1. The third kappa shape index (κ3) is 6.00. The molecule has 0 saturated heterocycles. The van der Waals surface area contributed by atoms with E-state index in [1.54, 1.807) is 32.1 Å². The van der Waals surface area contributed by atoms with Gasteiger partial charge >= 0.3 is 12.1 Å². The molecule has 1 aromatic carbocycles. The molecule has 4 aliphatic carbocycles. The van der Waals surface area contributed by atoms with Crippen LogP contribution in [0.2, 0.25) is 0 Å². The Morgan fingerprint density at radius 1 is 1.13 bits per heavy atom. The van der Waals surface area contributed by atoms with Gasteiger partial charge in [0.1, 0.15) is 6.61 Å². The summed E-state index contributed by atoms with van der Waals surface area (Å²) in [5.74, 6) is -3.54. The van der Waals surface area contributed by atoms with Crippen molar-refractivity contribution in [1.29, 1.82) is 0 Å². The number of aliphatic hydroxyl groups is 2. The molecule has 8 atom stereocenters. The first-order valence-corrected chi connectivity index (χ1v) is 15.2. The number of hydrogen-bond donors (Lipinski definition) is 5. The lowest BCUT2D eigenvalue weighted by molar-refractivity contribution is -0.497. The number of nitrogens with one attached hydrogen (secondary N) is 1. The average molecular weight is 647 g/mol. The number of carbonyl (C=O) groups excluding carboxylic acids is 4. The summed E-state index contributed by atoms with van der Waals surface area (Å²) in [5, 5.41) is 41.7. The van der Waals surface area contributed by atoms with Crippen molar-refractivity contribution in [2.45, 2.75) is 64.0 Å². The molecule has 4 unspecified atom stereocenters.